The third-order valence-electron chi connectivity index (χ3n) is 3.47. The molecule has 0 heterocycles. The van der Waals surface area contributed by atoms with E-state index in [1.54, 1.807) is 11.8 Å². The van der Waals surface area contributed by atoms with Crippen LogP contribution in [0.2, 0.25) is 0 Å². The van der Waals surface area contributed by atoms with Crippen molar-refractivity contribution >= 4 is 11.8 Å². The van der Waals surface area contributed by atoms with Gasteiger partial charge in [0.2, 0.25) is 0 Å². The zero-order chi connectivity index (χ0) is 13.8. The number of aryl methyl sites for hydroxylation is 2. The minimum absolute atomic E-state index is 0.261. The van der Waals surface area contributed by atoms with Crippen LogP contribution >= 0.6 is 11.8 Å². The van der Waals surface area contributed by atoms with Crippen LogP contribution in [0.15, 0.2) is 47.4 Å². The molecule has 1 unspecified atom stereocenters. The number of benzene rings is 2. The zero-order valence-corrected chi connectivity index (χ0v) is 12.8. The SMILES string of the molecule is CNC(c1ccc(SC)cc1)c1ccc(C)cc1C. The lowest BCUT2D eigenvalue weighted by atomic mass is 9.94. The maximum Gasteiger partial charge on any atom is 0.0576 e. The van der Waals surface area contributed by atoms with E-state index in [9.17, 15) is 0 Å². The average Bonchev–Trinajstić information content (AvgIpc) is 2.42. The Morgan fingerprint density at radius 3 is 2.21 bits per heavy atom. The van der Waals surface area contributed by atoms with Gasteiger partial charge in [-0.15, -0.1) is 11.8 Å². The molecule has 2 aromatic carbocycles. The van der Waals surface area contributed by atoms with Crippen LogP contribution in [0.25, 0.3) is 0 Å². The summed E-state index contributed by atoms with van der Waals surface area (Å²) in [5.74, 6) is 0. The van der Waals surface area contributed by atoms with E-state index in [-0.39, 0.29) is 6.04 Å². The second kappa shape index (κ2) is 6.27. The highest BCUT2D eigenvalue weighted by Crippen LogP contribution is 2.26. The van der Waals surface area contributed by atoms with Gasteiger partial charge in [0.1, 0.15) is 0 Å². The van der Waals surface area contributed by atoms with Crippen molar-refractivity contribution in [3.05, 3.63) is 64.7 Å². The first kappa shape index (κ1) is 14.2. The summed E-state index contributed by atoms with van der Waals surface area (Å²) < 4.78 is 0. The Balaban J connectivity index is 2.37. The van der Waals surface area contributed by atoms with Gasteiger partial charge in [-0.2, -0.15) is 0 Å². The first-order valence-electron chi connectivity index (χ1n) is 6.54. The molecule has 0 fully saturated rings. The normalized spacial score (nSPS) is 12.4. The van der Waals surface area contributed by atoms with Crippen molar-refractivity contribution in [1.29, 1.82) is 0 Å². The predicted molar refractivity (Wildman–Crippen MR) is 85.0 cm³/mol. The van der Waals surface area contributed by atoms with Crippen LogP contribution in [0.3, 0.4) is 0 Å². The summed E-state index contributed by atoms with van der Waals surface area (Å²) in [4.78, 5) is 1.30. The lowest BCUT2D eigenvalue weighted by Gasteiger charge is -2.20. The summed E-state index contributed by atoms with van der Waals surface area (Å²) in [6, 6.07) is 15.7. The molecule has 2 rings (SSSR count). The molecule has 1 atom stereocenters. The van der Waals surface area contributed by atoms with E-state index in [4.69, 9.17) is 0 Å². The number of rotatable bonds is 4. The van der Waals surface area contributed by atoms with Crippen LogP contribution in [-0.2, 0) is 0 Å². The largest absolute Gasteiger partial charge is 0.309 e. The van der Waals surface area contributed by atoms with Gasteiger partial charge in [0.05, 0.1) is 6.04 Å². The minimum atomic E-state index is 0.261. The molecule has 1 nitrogen and oxygen atoms in total. The molecule has 19 heavy (non-hydrogen) atoms. The van der Waals surface area contributed by atoms with E-state index in [1.165, 1.54) is 27.1 Å². The van der Waals surface area contributed by atoms with E-state index in [0.29, 0.717) is 0 Å². The predicted octanol–water partition coefficient (Wildman–Crippen LogP) is 4.33. The summed E-state index contributed by atoms with van der Waals surface area (Å²) in [7, 11) is 2.02. The highest BCUT2D eigenvalue weighted by Gasteiger charge is 2.13. The van der Waals surface area contributed by atoms with Gasteiger partial charge in [0, 0.05) is 4.90 Å². The first-order valence-corrected chi connectivity index (χ1v) is 7.76. The lowest BCUT2D eigenvalue weighted by Crippen LogP contribution is -2.18. The quantitative estimate of drug-likeness (QED) is 0.830. The Hall–Kier alpha value is -1.25. The monoisotopic (exact) mass is 271 g/mol. The highest BCUT2D eigenvalue weighted by atomic mass is 32.2. The zero-order valence-electron chi connectivity index (χ0n) is 12.0. The van der Waals surface area contributed by atoms with Crippen molar-refractivity contribution in [2.45, 2.75) is 24.8 Å². The van der Waals surface area contributed by atoms with Crippen molar-refractivity contribution in [2.75, 3.05) is 13.3 Å². The smallest absolute Gasteiger partial charge is 0.0576 e. The molecule has 0 aliphatic carbocycles. The maximum atomic E-state index is 3.43. The Morgan fingerprint density at radius 1 is 1.00 bits per heavy atom. The average molecular weight is 271 g/mol. The third-order valence-corrected chi connectivity index (χ3v) is 4.22. The van der Waals surface area contributed by atoms with E-state index in [1.807, 2.05) is 7.05 Å². The van der Waals surface area contributed by atoms with Gasteiger partial charge in [-0.1, -0.05) is 35.9 Å². The molecule has 0 aliphatic rings. The van der Waals surface area contributed by atoms with E-state index in [2.05, 4.69) is 67.9 Å². The molecule has 2 heteroatoms. The van der Waals surface area contributed by atoms with E-state index in [0.717, 1.165) is 0 Å². The fourth-order valence-corrected chi connectivity index (χ4v) is 2.86. The molecule has 1 N–H and O–H groups in total. The van der Waals surface area contributed by atoms with E-state index < -0.39 is 0 Å². The van der Waals surface area contributed by atoms with Crippen LogP contribution in [-0.4, -0.2) is 13.3 Å². The van der Waals surface area contributed by atoms with Crippen molar-refractivity contribution < 1.29 is 0 Å². The number of hydrogen-bond donors (Lipinski definition) is 1. The maximum absolute atomic E-state index is 3.43. The summed E-state index contributed by atoms with van der Waals surface area (Å²) >= 11 is 1.78. The van der Waals surface area contributed by atoms with Crippen molar-refractivity contribution in [3.8, 4) is 0 Å². The van der Waals surface area contributed by atoms with Crippen LogP contribution in [0.5, 0.6) is 0 Å². The molecule has 0 amide bonds. The molecule has 0 saturated carbocycles. The van der Waals surface area contributed by atoms with Gasteiger partial charge < -0.3 is 5.32 Å². The van der Waals surface area contributed by atoms with Crippen LogP contribution in [0, 0.1) is 13.8 Å². The Kier molecular flexibility index (Phi) is 4.67. The molecular weight excluding hydrogens is 250 g/mol. The van der Waals surface area contributed by atoms with Crippen LogP contribution in [0.1, 0.15) is 28.3 Å². The molecule has 0 radical (unpaired) electrons. The van der Waals surface area contributed by atoms with E-state index >= 15 is 0 Å². The highest BCUT2D eigenvalue weighted by molar-refractivity contribution is 7.98. The van der Waals surface area contributed by atoms with Gasteiger partial charge >= 0.3 is 0 Å². The van der Waals surface area contributed by atoms with Gasteiger partial charge in [0.15, 0.2) is 0 Å². The fourth-order valence-electron chi connectivity index (χ4n) is 2.45. The van der Waals surface area contributed by atoms with Gasteiger partial charge in [-0.05, 0) is 56.0 Å². The third kappa shape index (κ3) is 3.20. The van der Waals surface area contributed by atoms with Crippen molar-refractivity contribution in [2.24, 2.45) is 0 Å². The Morgan fingerprint density at radius 2 is 1.68 bits per heavy atom. The molecule has 2 aromatic rings. The molecule has 0 spiro atoms. The summed E-state index contributed by atoms with van der Waals surface area (Å²) in [6.07, 6.45) is 2.11. The lowest BCUT2D eigenvalue weighted by molar-refractivity contribution is 0.687. The second-order valence-corrected chi connectivity index (χ2v) is 5.73. The number of nitrogens with one attached hydrogen (secondary N) is 1. The van der Waals surface area contributed by atoms with Crippen LogP contribution < -0.4 is 5.32 Å². The van der Waals surface area contributed by atoms with Crippen molar-refractivity contribution in [3.63, 3.8) is 0 Å². The fraction of sp³-hybridized carbons (Fsp3) is 0.294. The molecule has 100 valence electrons. The standard InChI is InChI=1S/C17H21NS/c1-12-5-10-16(13(2)11-12)17(18-3)14-6-8-15(19-4)9-7-14/h5-11,17-18H,1-4H3. The minimum Gasteiger partial charge on any atom is -0.309 e. The Bertz CT molecular complexity index is 546. The molecule has 0 aliphatic heterocycles. The number of hydrogen-bond acceptors (Lipinski definition) is 2. The summed E-state index contributed by atoms with van der Waals surface area (Å²) in [5, 5.41) is 3.43. The summed E-state index contributed by atoms with van der Waals surface area (Å²) in [5.41, 5.74) is 5.32. The molecule has 0 bridgehead atoms. The van der Waals surface area contributed by atoms with Crippen LogP contribution in [0.4, 0.5) is 0 Å². The molecule has 0 aromatic heterocycles. The molecular formula is C17H21NS. The first-order chi connectivity index (χ1) is 9.15. The van der Waals surface area contributed by atoms with Gasteiger partial charge in [0.25, 0.3) is 0 Å². The Labute approximate surface area is 120 Å². The second-order valence-electron chi connectivity index (χ2n) is 4.85. The summed E-state index contributed by atoms with van der Waals surface area (Å²) in [6.45, 7) is 4.32. The topological polar surface area (TPSA) is 12.0 Å². The number of thioether (sulfide) groups is 1. The van der Waals surface area contributed by atoms with Gasteiger partial charge in [-0.3, -0.25) is 0 Å². The molecule has 0 saturated heterocycles. The van der Waals surface area contributed by atoms with Gasteiger partial charge in [-0.25, -0.2) is 0 Å². The van der Waals surface area contributed by atoms with Crippen molar-refractivity contribution in [1.82, 2.24) is 5.32 Å².